The van der Waals surface area contributed by atoms with E-state index in [4.69, 9.17) is 0 Å². The highest BCUT2D eigenvalue weighted by atomic mass is 79.9. The van der Waals surface area contributed by atoms with Crippen LogP contribution < -0.4 is 4.90 Å². The van der Waals surface area contributed by atoms with E-state index in [0.29, 0.717) is 10.7 Å². The summed E-state index contributed by atoms with van der Waals surface area (Å²) in [6, 6.07) is 0. The van der Waals surface area contributed by atoms with Crippen LogP contribution in [0.1, 0.15) is 37.9 Å². The summed E-state index contributed by atoms with van der Waals surface area (Å²) < 4.78 is 4.47. The van der Waals surface area contributed by atoms with Crippen molar-refractivity contribution >= 4 is 32.6 Å². The molecule has 2 fully saturated rings. The molecule has 5 heteroatoms. The minimum Gasteiger partial charge on any atom is -0.346 e. The third-order valence-electron chi connectivity index (χ3n) is 3.51. The number of piperidine rings is 1. The second kappa shape index (κ2) is 4.26. The Morgan fingerprint density at radius 2 is 2.19 bits per heavy atom. The van der Waals surface area contributed by atoms with Crippen molar-refractivity contribution < 1.29 is 0 Å². The summed E-state index contributed by atoms with van der Waals surface area (Å²) >= 11 is 5.33. The van der Waals surface area contributed by atoms with E-state index in [1.54, 1.807) is 11.5 Å². The normalized spacial score (nSPS) is 30.8. The fourth-order valence-corrected chi connectivity index (χ4v) is 3.45. The first-order valence-electron chi connectivity index (χ1n) is 5.96. The maximum Gasteiger partial charge on any atom is 0.205 e. The van der Waals surface area contributed by atoms with Gasteiger partial charge in [-0.1, -0.05) is 22.9 Å². The predicted octanol–water partition coefficient (Wildman–Crippen LogP) is 3.03. The molecule has 0 spiro atoms. The van der Waals surface area contributed by atoms with Gasteiger partial charge in [0.05, 0.1) is 0 Å². The Kier molecular flexibility index (Phi) is 2.92. The summed E-state index contributed by atoms with van der Waals surface area (Å²) in [5, 5.41) is 1.12. The molecule has 0 radical (unpaired) electrons. The molecule has 0 amide bonds. The van der Waals surface area contributed by atoms with Gasteiger partial charge in [0.1, 0.15) is 5.82 Å². The summed E-state index contributed by atoms with van der Waals surface area (Å²) in [6.45, 7) is 4.51. The van der Waals surface area contributed by atoms with Crippen LogP contribution in [0.2, 0.25) is 0 Å². The van der Waals surface area contributed by atoms with E-state index in [-0.39, 0.29) is 0 Å². The molecule has 0 aromatic carbocycles. The first-order chi connectivity index (χ1) is 7.74. The molecule has 88 valence electrons. The minimum atomic E-state index is 0.592. The van der Waals surface area contributed by atoms with Crippen LogP contribution in [0.15, 0.2) is 0 Å². The summed E-state index contributed by atoms with van der Waals surface area (Å²) in [7, 11) is 0. The molecule has 2 atom stereocenters. The van der Waals surface area contributed by atoms with Gasteiger partial charge < -0.3 is 4.90 Å². The lowest BCUT2D eigenvalue weighted by molar-refractivity contribution is 0.456. The Bertz CT molecular complexity index is 377. The number of nitrogens with zero attached hydrogens (tertiary/aromatic N) is 3. The third kappa shape index (κ3) is 2.12. The van der Waals surface area contributed by atoms with E-state index in [1.807, 2.05) is 0 Å². The fourth-order valence-electron chi connectivity index (χ4n) is 2.06. The Balaban J connectivity index is 1.71. The number of hydrogen-bond acceptors (Lipinski definition) is 4. The summed E-state index contributed by atoms with van der Waals surface area (Å²) in [4.78, 5) is 7.64. The molecule has 0 N–H and O–H groups in total. The van der Waals surface area contributed by atoms with Crippen LogP contribution in [0.25, 0.3) is 0 Å². The Hall–Kier alpha value is -0.160. The standard InChI is InChI=1S/C11H16BrN3S/c1-7-4-5-15(6-9(7)12)11-13-10(14-16-11)8-2-3-8/h7-9H,2-6H2,1H3. The highest BCUT2D eigenvalue weighted by Crippen LogP contribution is 2.40. The molecule has 2 unspecified atom stereocenters. The Morgan fingerprint density at radius 1 is 1.38 bits per heavy atom. The molecule has 1 aliphatic heterocycles. The van der Waals surface area contributed by atoms with Gasteiger partial charge in [-0.15, -0.1) is 0 Å². The van der Waals surface area contributed by atoms with E-state index < -0.39 is 0 Å². The molecule has 3 rings (SSSR count). The Morgan fingerprint density at radius 3 is 2.88 bits per heavy atom. The van der Waals surface area contributed by atoms with Gasteiger partial charge in [0, 0.05) is 35.4 Å². The van der Waals surface area contributed by atoms with Crippen LogP contribution in [-0.2, 0) is 0 Å². The molecule has 1 saturated carbocycles. The number of rotatable bonds is 2. The predicted molar refractivity (Wildman–Crippen MR) is 70.6 cm³/mol. The van der Waals surface area contributed by atoms with Gasteiger partial charge in [0.25, 0.3) is 0 Å². The number of hydrogen-bond donors (Lipinski definition) is 0. The summed E-state index contributed by atoms with van der Waals surface area (Å²) in [5.41, 5.74) is 0. The lowest BCUT2D eigenvalue weighted by atomic mass is 9.99. The fraction of sp³-hybridized carbons (Fsp3) is 0.818. The van der Waals surface area contributed by atoms with Gasteiger partial charge >= 0.3 is 0 Å². The van der Waals surface area contributed by atoms with E-state index in [1.165, 1.54) is 19.3 Å². The van der Waals surface area contributed by atoms with Crippen LogP contribution in [-0.4, -0.2) is 27.3 Å². The zero-order chi connectivity index (χ0) is 11.1. The molecule has 2 aliphatic rings. The van der Waals surface area contributed by atoms with Gasteiger partial charge in [-0.2, -0.15) is 4.37 Å². The average Bonchev–Trinajstić information content (AvgIpc) is 3.01. The van der Waals surface area contributed by atoms with Gasteiger partial charge in [0.15, 0.2) is 0 Å². The highest BCUT2D eigenvalue weighted by Gasteiger charge is 2.30. The first kappa shape index (κ1) is 11.0. The second-order valence-corrected chi connectivity index (χ2v) is 6.84. The largest absolute Gasteiger partial charge is 0.346 e. The monoisotopic (exact) mass is 301 g/mol. The smallest absolute Gasteiger partial charge is 0.205 e. The van der Waals surface area contributed by atoms with E-state index in [9.17, 15) is 0 Å². The van der Waals surface area contributed by atoms with E-state index >= 15 is 0 Å². The number of halogens is 1. The lowest BCUT2D eigenvalue weighted by Gasteiger charge is -2.33. The van der Waals surface area contributed by atoms with E-state index in [0.717, 1.165) is 30.0 Å². The quantitative estimate of drug-likeness (QED) is 0.786. The van der Waals surface area contributed by atoms with Crippen molar-refractivity contribution in [3.05, 3.63) is 5.82 Å². The van der Waals surface area contributed by atoms with Crippen molar-refractivity contribution in [3.63, 3.8) is 0 Å². The minimum absolute atomic E-state index is 0.592. The van der Waals surface area contributed by atoms with Gasteiger partial charge in [-0.25, -0.2) is 4.98 Å². The maximum absolute atomic E-state index is 4.67. The van der Waals surface area contributed by atoms with E-state index in [2.05, 4.69) is 37.1 Å². The molecule has 1 aromatic heterocycles. The first-order valence-corrected chi connectivity index (χ1v) is 7.65. The van der Waals surface area contributed by atoms with Crippen LogP contribution in [0.5, 0.6) is 0 Å². The molecule has 0 bridgehead atoms. The van der Waals surface area contributed by atoms with Crippen LogP contribution >= 0.6 is 27.5 Å². The van der Waals surface area contributed by atoms with Crippen molar-refractivity contribution in [1.82, 2.24) is 9.36 Å². The van der Waals surface area contributed by atoms with Gasteiger partial charge in [0.2, 0.25) is 5.13 Å². The summed E-state index contributed by atoms with van der Waals surface area (Å²) in [5.74, 6) is 2.53. The molecule has 2 heterocycles. The average molecular weight is 302 g/mol. The Labute approximate surface area is 109 Å². The van der Waals surface area contributed by atoms with Gasteiger partial charge in [-0.05, 0) is 25.2 Å². The van der Waals surface area contributed by atoms with Crippen molar-refractivity contribution in [1.29, 1.82) is 0 Å². The van der Waals surface area contributed by atoms with Crippen LogP contribution in [0, 0.1) is 5.92 Å². The number of anilines is 1. The van der Waals surface area contributed by atoms with Gasteiger partial charge in [-0.3, -0.25) is 0 Å². The lowest BCUT2D eigenvalue weighted by Crippen LogP contribution is -2.40. The highest BCUT2D eigenvalue weighted by molar-refractivity contribution is 9.09. The molecule has 1 aliphatic carbocycles. The molecular weight excluding hydrogens is 286 g/mol. The van der Waals surface area contributed by atoms with Crippen LogP contribution in [0.4, 0.5) is 5.13 Å². The molecule has 1 aromatic rings. The third-order valence-corrected chi connectivity index (χ3v) is 5.49. The van der Waals surface area contributed by atoms with Crippen molar-refractivity contribution in [2.75, 3.05) is 18.0 Å². The van der Waals surface area contributed by atoms with Crippen molar-refractivity contribution in [3.8, 4) is 0 Å². The number of alkyl halides is 1. The van der Waals surface area contributed by atoms with Crippen molar-refractivity contribution in [2.45, 2.75) is 36.9 Å². The second-order valence-electron chi connectivity index (χ2n) is 4.94. The topological polar surface area (TPSA) is 29.0 Å². The molecular formula is C11H16BrN3S. The molecule has 3 nitrogen and oxygen atoms in total. The maximum atomic E-state index is 4.67. The molecule has 1 saturated heterocycles. The summed E-state index contributed by atoms with van der Waals surface area (Å²) in [6.07, 6.45) is 3.82. The zero-order valence-corrected chi connectivity index (χ0v) is 11.8. The zero-order valence-electron chi connectivity index (χ0n) is 9.40. The SMILES string of the molecule is CC1CCN(c2nc(C3CC3)ns2)CC1Br. The number of aromatic nitrogens is 2. The van der Waals surface area contributed by atoms with Crippen molar-refractivity contribution in [2.24, 2.45) is 5.92 Å². The van der Waals surface area contributed by atoms with Crippen LogP contribution in [0.3, 0.4) is 0 Å². The molecule has 16 heavy (non-hydrogen) atoms.